The summed E-state index contributed by atoms with van der Waals surface area (Å²) in [6.07, 6.45) is 0. The Morgan fingerprint density at radius 2 is 0.222 bits per heavy atom. The number of halogens is 6. The fraction of sp³-hybridized carbons (Fsp3) is 0. The normalized spacial score (nSPS) is 5.33. The molecule has 2 aromatic rings. The molecule has 18 heavy (non-hydrogen) atoms. The highest BCUT2D eigenvalue weighted by Crippen LogP contribution is 1.80. The predicted molar refractivity (Wildman–Crippen MR) is 96.4 cm³/mol. The summed E-state index contributed by atoms with van der Waals surface area (Å²) >= 11 is 0. The van der Waals surface area contributed by atoms with Gasteiger partial charge < -0.3 is 0 Å². The average Bonchev–Trinajstić information content (AvgIpc) is 2.24. The maximum atomic E-state index is 2.00. The summed E-state index contributed by atoms with van der Waals surface area (Å²) in [4.78, 5) is 0. The summed E-state index contributed by atoms with van der Waals surface area (Å²) in [7, 11) is 0. The van der Waals surface area contributed by atoms with Crippen molar-refractivity contribution in [3.05, 3.63) is 72.8 Å². The monoisotopic (exact) mass is 372 g/mol. The summed E-state index contributed by atoms with van der Waals surface area (Å²) in [6.45, 7) is 0. The number of hydrogen-bond donors (Lipinski definition) is 0. The van der Waals surface area contributed by atoms with Crippen LogP contribution in [0.2, 0.25) is 0 Å². The van der Waals surface area contributed by atoms with Crippen LogP contribution in [0.25, 0.3) is 0 Å². The van der Waals surface area contributed by atoms with Gasteiger partial charge in [-0.3, -0.25) is 0 Å². The Morgan fingerprint density at radius 1 is 0.167 bits per heavy atom. The number of hydrogen-bond acceptors (Lipinski definition) is 0. The molecule has 0 aliphatic carbocycles. The molecule has 0 saturated carbocycles. The Hall–Kier alpha value is 0.180. The first kappa shape index (κ1) is 36.2. The first-order valence-electron chi connectivity index (χ1n) is 4.00. The van der Waals surface area contributed by atoms with Crippen LogP contribution in [-0.4, -0.2) is 0 Å². The molecule has 0 N–H and O–H groups in total. The van der Waals surface area contributed by atoms with E-state index >= 15 is 0 Å². The lowest BCUT2D eigenvalue weighted by Gasteiger charge is -1.69. The number of benzene rings is 2. The Morgan fingerprint density at radius 3 is 0.278 bits per heavy atom. The van der Waals surface area contributed by atoms with Gasteiger partial charge in [0.25, 0.3) is 0 Å². The summed E-state index contributed by atoms with van der Waals surface area (Å²) in [5, 5.41) is 0. The zero-order valence-electron chi connectivity index (χ0n) is 9.38. The molecular weight excluding hydrogens is 357 g/mol. The molecule has 0 bridgehead atoms. The van der Waals surface area contributed by atoms with Gasteiger partial charge in [0.1, 0.15) is 0 Å². The van der Waals surface area contributed by atoms with E-state index in [2.05, 4.69) is 0 Å². The smallest absolute Gasteiger partial charge is 0.0623 e. The van der Waals surface area contributed by atoms with Crippen molar-refractivity contribution < 1.29 is 0 Å². The third kappa shape index (κ3) is 25.1. The van der Waals surface area contributed by atoms with Gasteiger partial charge >= 0.3 is 0 Å². The van der Waals surface area contributed by atoms with Crippen LogP contribution in [0.5, 0.6) is 0 Å². The van der Waals surface area contributed by atoms with Crippen LogP contribution in [0.15, 0.2) is 72.8 Å². The second-order valence-corrected chi connectivity index (χ2v) is 2.31. The first-order valence-corrected chi connectivity index (χ1v) is 4.00. The van der Waals surface area contributed by atoms with E-state index in [0.29, 0.717) is 0 Å². The SMILES string of the molecule is Cl.Cl.Cl.Cl.Cl.Cl.c1ccccc1.c1ccccc1. The summed E-state index contributed by atoms with van der Waals surface area (Å²) < 4.78 is 0. The molecule has 0 radical (unpaired) electrons. The van der Waals surface area contributed by atoms with Crippen molar-refractivity contribution >= 4 is 74.4 Å². The molecule has 0 atom stereocenters. The summed E-state index contributed by atoms with van der Waals surface area (Å²) in [5.74, 6) is 0. The van der Waals surface area contributed by atoms with Crippen LogP contribution in [0, 0.1) is 0 Å². The van der Waals surface area contributed by atoms with E-state index < -0.39 is 0 Å². The van der Waals surface area contributed by atoms with Crippen molar-refractivity contribution in [2.75, 3.05) is 0 Å². The van der Waals surface area contributed by atoms with Gasteiger partial charge in [0.15, 0.2) is 0 Å². The second kappa shape index (κ2) is 30.3. The van der Waals surface area contributed by atoms with Gasteiger partial charge in [-0.15, -0.1) is 74.4 Å². The molecule has 2 rings (SSSR count). The second-order valence-electron chi connectivity index (χ2n) is 2.31. The molecular formula is C12H18Cl6. The molecule has 0 fully saturated rings. The molecule has 0 amide bonds. The molecule has 6 heteroatoms. The van der Waals surface area contributed by atoms with Crippen LogP contribution in [0.4, 0.5) is 0 Å². The molecule has 0 spiro atoms. The molecule has 108 valence electrons. The van der Waals surface area contributed by atoms with Crippen LogP contribution in [0.3, 0.4) is 0 Å². The zero-order valence-corrected chi connectivity index (χ0v) is 14.3. The van der Waals surface area contributed by atoms with Gasteiger partial charge in [0.2, 0.25) is 0 Å². The van der Waals surface area contributed by atoms with Gasteiger partial charge in [-0.2, -0.15) is 0 Å². The van der Waals surface area contributed by atoms with Crippen LogP contribution < -0.4 is 0 Å². The number of rotatable bonds is 0. The van der Waals surface area contributed by atoms with E-state index in [9.17, 15) is 0 Å². The Bertz CT molecular complexity index is 192. The van der Waals surface area contributed by atoms with Crippen LogP contribution >= 0.6 is 74.4 Å². The average molecular weight is 375 g/mol. The lowest BCUT2D eigenvalue weighted by atomic mass is 10.4. The highest BCUT2D eigenvalue weighted by atomic mass is 35.5. The quantitative estimate of drug-likeness (QED) is 0.538. The van der Waals surface area contributed by atoms with E-state index in [-0.39, 0.29) is 74.4 Å². The molecule has 0 aliphatic heterocycles. The Kier molecular flexibility index (Phi) is 60.9. The Balaban J connectivity index is -0.0000000300. The largest absolute Gasteiger partial charge is 0.147 e. The van der Waals surface area contributed by atoms with E-state index in [1.165, 1.54) is 0 Å². The predicted octanol–water partition coefficient (Wildman–Crippen LogP) is 5.90. The fourth-order valence-electron chi connectivity index (χ4n) is 0.770. The molecule has 0 heterocycles. The Labute approximate surface area is 146 Å². The lowest BCUT2D eigenvalue weighted by molar-refractivity contribution is 1.72. The third-order valence-corrected chi connectivity index (χ3v) is 1.33. The maximum Gasteiger partial charge on any atom is -0.0623 e. The van der Waals surface area contributed by atoms with Crippen molar-refractivity contribution in [2.45, 2.75) is 0 Å². The molecule has 0 aliphatic rings. The van der Waals surface area contributed by atoms with E-state index in [1.54, 1.807) is 0 Å². The fourth-order valence-corrected chi connectivity index (χ4v) is 0.770. The maximum absolute atomic E-state index is 2.00. The van der Waals surface area contributed by atoms with E-state index in [0.717, 1.165) is 0 Å². The first-order chi connectivity index (χ1) is 6.00. The minimum absolute atomic E-state index is 0. The minimum Gasteiger partial charge on any atom is -0.147 e. The third-order valence-electron chi connectivity index (χ3n) is 1.33. The topological polar surface area (TPSA) is 0 Å². The van der Waals surface area contributed by atoms with Crippen molar-refractivity contribution in [1.29, 1.82) is 0 Å². The molecule has 0 nitrogen and oxygen atoms in total. The van der Waals surface area contributed by atoms with Gasteiger partial charge in [0, 0.05) is 0 Å². The van der Waals surface area contributed by atoms with Crippen LogP contribution in [0.1, 0.15) is 0 Å². The highest BCUT2D eigenvalue weighted by Gasteiger charge is 1.58. The molecule has 0 aromatic heterocycles. The minimum atomic E-state index is 0. The highest BCUT2D eigenvalue weighted by molar-refractivity contribution is 5.86. The van der Waals surface area contributed by atoms with Gasteiger partial charge in [-0.05, 0) is 0 Å². The van der Waals surface area contributed by atoms with E-state index in [4.69, 9.17) is 0 Å². The van der Waals surface area contributed by atoms with E-state index in [1.807, 2.05) is 72.8 Å². The van der Waals surface area contributed by atoms with Crippen molar-refractivity contribution in [2.24, 2.45) is 0 Å². The summed E-state index contributed by atoms with van der Waals surface area (Å²) in [6, 6.07) is 24.0. The molecule has 0 unspecified atom stereocenters. The van der Waals surface area contributed by atoms with Crippen molar-refractivity contribution in [1.82, 2.24) is 0 Å². The van der Waals surface area contributed by atoms with Crippen molar-refractivity contribution in [3.63, 3.8) is 0 Å². The summed E-state index contributed by atoms with van der Waals surface area (Å²) in [5.41, 5.74) is 0. The zero-order chi connectivity index (χ0) is 8.49. The van der Waals surface area contributed by atoms with Crippen LogP contribution in [-0.2, 0) is 0 Å². The van der Waals surface area contributed by atoms with Crippen molar-refractivity contribution in [3.8, 4) is 0 Å². The lowest BCUT2D eigenvalue weighted by Crippen LogP contribution is -1.47. The van der Waals surface area contributed by atoms with Gasteiger partial charge in [0.05, 0.1) is 0 Å². The standard InChI is InChI=1S/2C6H6.6ClH/c2*1-2-4-6-5-3-1;;;;;;/h2*1-6H;6*1H. The molecule has 2 aromatic carbocycles. The molecule has 0 saturated heterocycles. The van der Waals surface area contributed by atoms with Gasteiger partial charge in [-0.1, -0.05) is 72.8 Å². The van der Waals surface area contributed by atoms with Gasteiger partial charge in [-0.25, -0.2) is 0 Å².